The Morgan fingerprint density at radius 1 is 1.15 bits per heavy atom. The Hall–Kier alpha value is -0.290. The van der Waals surface area contributed by atoms with Crippen LogP contribution in [-0.2, 0) is 0 Å². The highest BCUT2D eigenvalue weighted by Crippen LogP contribution is 2.31. The highest BCUT2D eigenvalue weighted by Gasteiger charge is 2.37. The second-order valence-electron chi connectivity index (χ2n) is 7.61. The summed E-state index contributed by atoms with van der Waals surface area (Å²) in [5.41, 5.74) is 0.152. The van der Waals surface area contributed by atoms with Gasteiger partial charge in [0, 0.05) is 38.1 Å². The van der Waals surface area contributed by atoms with E-state index in [0.29, 0.717) is 19.0 Å². The van der Waals surface area contributed by atoms with Gasteiger partial charge in [-0.3, -0.25) is 4.90 Å². The van der Waals surface area contributed by atoms with Gasteiger partial charge in [0.2, 0.25) is 0 Å². The fraction of sp³-hybridized carbons (Fsp3) is 1.00. The number of hydrogen-bond donors (Lipinski definition) is 1. The lowest BCUT2D eigenvalue weighted by molar-refractivity contribution is -0.149. The van der Waals surface area contributed by atoms with Gasteiger partial charge in [0.05, 0.1) is 0 Å². The molecule has 1 aliphatic heterocycles. The molecule has 1 saturated heterocycles. The number of nitrogens with zero attached hydrogens (tertiary/aromatic N) is 1. The van der Waals surface area contributed by atoms with E-state index in [1.54, 1.807) is 0 Å². The van der Waals surface area contributed by atoms with Crippen LogP contribution in [0.2, 0.25) is 0 Å². The normalized spacial score (nSPS) is 26.2. The molecule has 0 spiro atoms. The molecule has 1 rings (SSSR count). The van der Waals surface area contributed by atoms with E-state index >= 15 is 0 Å². The molecule has 0 aromatic carbocycles. The maximum atomic E-state index is 12.6. The van der Waals surface area contributed by atoms with E-state index in [9.17, 15) is 13.2 Å². The fourth-order valence-electron chi connectivity index (χ4n) is 2.74. The minimum Gasteiger partial charge on any atom is -0.312 e. The summed E-state index contributed by atoms with van der Waals surface area (Å²) in [6.45, 7) is 12.8. The van der Waals surface area contributed by atoms with E-state index in [1.807, 2.05) is 0 Å². The molecule has 2 unspecified atom stereocenters. The zero-order valence-electron chi connectivity index (χ0n) is 13.3. The van der Waals surface area contributed by atoms with Crippen molar-refractivity contribution in [1.29, 1.82) is 0 Å². The number of rotatable bonds is 4. The smallest absolute Gasteiger partial charge is 0.312 e. The molecule has 1 aliphatic rings. The summed E-state index contributed by atoms with van der Waals surface area (Å²) in [5.74, 6) is -0.288. The Balaban J connectivity index is 2.61. The van der Waals surface area contributed by atoms with E-state index in [1.165, 1.54) is 0 Å². The van der Waals surface area contributed by atoms with Gasteiger partial charge in [-0.05, 0) is 31.6 Å². The average Bonchev–Trinajstić information content (AvgIpc) is 2.22. The van der Waals surface area contributed by atoms with Crippen LogP contribution in [-0.4, -0.2) is 42.8 Å². The molecule has 1 N–H and O–H groups in total. The van der Waals surface area contributed by atoms with Crippen molar-refractivity contribution in [2.45, 2.75) is 65.7 Å². The largest absolute Gasteiger partial charge is 0.389 e. The van der Waals surface area contributed by atoms with Crippen molar-refractivity contribution in [3.63, 3.8) is 0 Å². The van der Waals surface area contributed by atoms with E-state index in [-0.39, 0.29) is 17.4 Å². The Bertz CT molecular complexity index is 294. The lowest BCUT2D eigenvalue weighted by Crippen LogP contribution is -2.53. The van der Waals surface area contributed by atoms with Crippen molar-refractivity contribution < 1.29 is 13.2 Å². The van der Waals surface area contributed by atoms with Gasteiger partial charge in [0.25, 0.3) is 0 Å². The first-order valence-corrected chi connectivity index (χ1v) is 7.50. The lowest BCUT2D eigenvalue weighted by Gasteiger charge is -2.41. The third kappa shape index (κ3) is 6.93. The van der Waals surface area contributed by atoms with Crippen LogP contribution in [0.3, 0.4) is 0 Å². The Kier molecular flexibility index (Phi) is 5.90. The Morgan fingerprint density at radius 2 is 1.75 bits per heavy atom. The first-order chi connectivity index (χ1) is 8.96. The van der Waals surface area contributed by atoms with Crippen LogP contribution in [0.5, 0.6) is 0 Å². The molecule has 0 aromatic rings. The van der Waals surface area contributed by atoms with Crippen LogP contribution in [0.15, 0.2) is 0 Å². The van der Waals surface area contributed by atoms with Crippen LogP contribution in [0.4, 0.5) is 13.2 Å². The predicted octanol–water partition coefficient (Wildman–Crippen LogP) is 3.67. The summed E-state index contributed by atoms with van der Waals surface area (Å²) >= 11 is 0. The van der Waals surface area contributed by atoms with Crippen molar-refractivity contribution in [1.82, 2.24) is 10.2 Å². The molecule has 2 atom stereocenters. The molecule has 0 bridgehead atoms. The molecule has 1 heterocycles. The number of hydrogen-bond acceptors (Lipinski definition) is 2. The van der Waals surface area contributed by atoms with Gasteiger partial charge in [-0.15, -0.1) is 0 Å². The predicted molar refractivity (Wildman–Crippen MR) is 76.7 cm³/mol. The third-order valence-electron chi connectivity index (χ3n) is 3.74. The molecule has 120 valence electrons. The highest BCUT2D eigenvalue weighted by molar-refractivity contribution is 4.87. The maximum absolute atomic E-state index is 12.6. The second kappa shape index (κ2) is 6.65. The quantitative estimate of drug-likeness (QED) is 0.851. The summed E-state index contributed by atoms with van der Waals surface area (Å²) in [7, 11) is 0. The average molecular weight is 294 g/mol. The van der Waals surface area contributed by atoms with Crippen LogP contribution >= 0.6 is 0 Å². The topological polar surface area (TPSA) is 15.3 Å². The first kappa shape index (κ1) is 17.8. The SMILES string of the molecule is CC(C)N1CC(CC(F)(F)F)CC(NCC(C)(C)C)C1. The van der Waals surface area contributed by atoms with Crippen molar-refractivity contribution >= 4 is 0 Å². The molecule has 20 heavy (non-hydrogen) atoms. The molecular formula is C15H29F3N2. The Morgan fingerprint density at radius 3 is 2.20 bits per heavy atom. The van der Waals surface area contributed by atoms with Crippen molar-refractivity contribution in [3.8, 4) is 0 Å². The number of likely N-dealkylation sites (tertiary alicyclic amines) is 1. The molecule has 2 nitrogen and oxygen atoms in total. The van der Waals surface area contributed by atoms with Crippen molar-refractivity contribution in [2.75, 3.05) is 19.6 Å². The fourth-order valence-corrected chi connectivity index (χ4v) is 2.74. The molecule has 1 fully saturated rings. The molecule has 0 aliphatic carbocycles. The van der Waals surface area contributed by atoms with E-state index < -0.39 is 12.6 Å². The molecular weight excluding hydrogens is 265 g/mol. The molecule has 0 amide bonds. The summed E-state index contributed by atoms with van der Waals surface area (Å²) < 4.78 is 37.9. The van der Waals surface area contributed by atoms with Gasteiger partial charge in [0.1, 0.15) is 0 Å². The highest BCUT2D eigenvalue weighted by atomic mass is 19.4. The van der Waals surface area contributed by atoms with Gasteiger partial charge in [-0.25, -0.2) is 0 Å². The first-order valence-electron chi connectivity index (χ1n) is 7.50. The molecule has 0 saturated carbocycles. The standard InChI is InChI=1S/C15H29F3N2/c1-11(2)20-8-12(7-15(16,17)18)6-13(9-20)19-10-14(3,4)5/h11-13,19H,6-10H2,1-5H3. The zero-order valence-corrected chi connectivity index (χ0v) is 13.3. The van der Waals surface area contributed by atoms with Gasteiger partial charge in [0.15, 0.2) is 0 Å². The number of halogens is 3. The van der Waals surface area contributed by atoms with Gasteiger partial charge in [-0.1, -0.05) is 20.8 Å². The number of piperidine rings is 1. The van der Waals surface area contributed by atoms with Gasteiger partial charge < -0.3 is 5.32 Å². The zero-order chi connectivity index (χ0) is 15.6. The van der Waals surface area contributed by atoms with E-state index in [2.05, 4.69) is 44.8 Å². The summed E-state index contributed by atoms with van der Waals surface area (Å²) in [5, 5.41) is 3.45. The summed E-state index contributed by atoms with van der Waals surface area (Å²) in [6.07, 6.45) is -4.10. The van der Waals surface area contributed by atoms with Crippen LogP contribution in [0, 0.1) is 11.3 Å². The van der Waals surface area contributed by atoms with Crippen LogP contribution < -0.4 is 5.32 Å². The van der Waals surface area contributed by atoms with Crippen molar-refractivity contribution in [3.05, 3.63) is 0 Å². The van der Waals surface area contributed by atoms with Gasteiger partial charge in [-0.2, -0.15) is 13.2 Å². The Labute approximate surface area is 121 Å². The van der Waals surface area contributed by atoms with Gasteiger partial charge >= 0.3 is 6.18 Å². The minimum absolute atomic E-state index is 0.152. The van der Waals surface area contributed by atoms with E-state index in [4.69, 9.17) is 0 Å². The molecule has 5 heteroatoms. The van der Waals surface area contributed by atoms with Crippen LogP contribution in [0.25, 0.3) is 0 Å². The summed E-state index contributed by atoms with van der Waals surface area (Å²) in [4.78, 5) is 2.17. The molecule has 0 aromatic heterocycles. The lowest BCUT2D eigenvalue weighted by atomic mass is 9.89. The number of nitrogens with one attached hydrogen (secondary N) is 1. The second-order valence-corrected chi connectivity index (χ2v) is 7.61. The summed E-state index contributed by atoms with van der Waals surface area (Å²) in [6, 6.07) is 0.461. The molecule has 0 radical (unpaired) electrons. The monoisotopic (exact) mass is 294 g/mol. The van der Waals surface area contributed by atoms with Crippen molar-refractivity contribution in [2.24, 2.45) is 11.3 Å². The number of alkyl halides is 3. The minimum atomic E-state index is -4.06. The van der Waals surface area contributed by atoms with Crippen LogP contribution in [0.1, 0.15) is 47.5 Å². The maximum Gasteiger partial charge on any atom is 0.389 e. The van der Waals surface area contributed by atoms with E-state index in [0.717, 1.165) is 13.1 Å². The third-order valence-corrected chi connectivity index (χ3v) is 3.74.